The highest BCUT2D eigenvalue weighted by Crippen LogP contribution is 2.43. The molecule has 0 radical (unpaired) electrons. The van der Waals surface area contributed by atoms with Crippen LogP contribution in [-0.2, 0) is 16.0 Å². The Morgan fingerprint density at radius 1 is 1.19 bits per heavy atom. The highest BCUT2D eigenvalue weighted by Gasteiger charge is 2.38. The van der Waals surface area contributed by atoms with Crippen LogP contribution < -0.4 is 9.64 Å². The number of para-hydroxylation sites is 1. The van der Waals surface area contributed by atoms with E-state index in [1.54, 1.807) is 6.92 Å². The van der Waals surface area contributed by atoms with Gasteiger partial charge in [0.2, 0.25) is 0 Å². The largest absolute Gasteiger partial charge is 0.489 e. The van der Waals surface area contributed by atoms with E-state index in [1.165, 1.54) is 35.2 Å². The third kappa shape index (κ3) is 3.64. The van der Waals surface area contributed by atoms with E-state index in [0.717, 1.165) is 12.3 Å². The number of benzene rings is 2. The summed E-state index contributed by atoms with van der Waals surface area (Å²) in [7, 11) is -3.54. The number of halogens is 3. The SMILES string of the molecule is Cc1ccc(S(C)(=O)=O)cc1C(=O)N1CCOc2c1cccc2C(F)(F)F. The highest BCUT2D eigenvalue weighted by molar-refractivity contribution is 7.90. The maximum Gasteiger partial charge on any atom is 0.420 e. The first-order chi connectivity index (χ1) is 12.5. The van der Waals surface area contributed by atoms with E-state index < -0.39 is 33.2 Å². The third-order valence-corrected chi connectivity index (χ3v) is 5.37. The molecule has 0 spiro atoms. The summed E-state index contributed by atoms with van der Waals surface area (Å²) in [5.74, 6) is -0.983. The van der Waals surface area contributed by atoms with Crippen LogP contribution in [0.3, 0.4) is 0 Å². The van der Waals surface area contributed by atoms with Crippen molar-refractivity contribution < 1.29 is 31.1 Å². The van der Waals surface area contributed by atoms with Gasteiger partial charge in [-0.2, -0.15) is 13.2 Å². The van der Waals surface area contributed by atoms with Gasteiger partial charge >= 0.3 is 6.18 Å². The lowest BCUT2D eigenvalue weighted by Gasteiger charge is -2.31. The van der Waals surface area contributed by atoms with Crippen molar-refractivity contribution in [1.82, 2.24) is 0 Å². The van der Waals surface area contributed by atoms with Gasteiger partial charge in [0.25, 0.3) is 5.91 Å². The number of rotatable bonds is 2. The molecule has 0 atom stereocenters. The molecule has 1 aliphatic rings. The molecule has 5 nitrogen and oxygen atoms in total. The fourth-order valence-electron chi connectivity index (χ4n) is 2.89. The number of carbonyl (C=O) groups excluding carboxylic acids is 1. The number of nitrogens with zero attached hydrogens (tertiary/aromatic N) is 1. The lowest BCUT2D eigenvalue weighted by atomic mass is 10.1. The fraction of sp³-hybridized carbons (Fsp3) is 0.278. The van der Waals surface area contributed by atoms with Crippen LogP contribution in [0.15, 0.2) is 41.3 Å². The number of sulfone groups is 1. The molecule has 1 aliphatic heterocycles. The normalized spacial score (nSPS) is 14.5. The molecule has 0 saturated carbocycles. The predicted molar refractivity (Wildman–Crippen MR) is 92.9 cm³/mol. The highest BCUT2D eigenvalue weighted by atomic mass is 32.2. The Labute approximate surface area is 154 Å². The minimum absolute atomic E-state index is 0.00485. The van der Waals surface area contributed by atoms with Gasteiger partial charge in [-0.1, -0.05) is 12.1 Å². The summed E-state index contributed by atoms with van der Waals surface area (Å²) in [6.07, 6.45) is -3.60. The van der Waals surface area contributed by atoms with Crippen molar-refractivity contribution in [2.45, 2.75) is 18.0 Å². The summed E-state index contributed by atoms with van der Waals surface area (Å²) < 4.78 is 68.4. The van der Waals surface area contributed by atoms with E-state index in [1.807, 2.05) is 0 Å². The molecular formula is C18H16F3NO4S. The number of amides is 1. The Morgan fingerprint density at radius 2 is 1.89 bits per heavy atom. The van der Waals surface area contributed by atoms with Crippen LogP contribution >= 0.6 is 0 Å². The average molecular weight is 399 g/mol. The van der Waals surface area contributed by atoms with E-state index in [-0.39, 0.29) is 29.3 Å². The summed E-state index contributed by atoms with van der Waals surface area (Å²) >= 11 is 0. The van der Waals surface area contributed by atoms with Gasteiger partial charge in [-0.3, -0.25) is 4.79 Å². The van der Waals surface area contributed by atoms with Gasteiger partial charge < -0.3 is 9.64 Å². The van der Waals surface area contributed by atoms with E-state index in [0.29, 0.717) is 5.56 Å². The molecule has 0 N–H and O–H groups in total. The van der Waals surface area contributed by atoms with Gasteiger partial charge in [-0.15, -0.1) is 0 Å². The molecule has 0 saturated heterocycles. The van der Waals surface area contributed by atoms with Crippen LogP contribution in [0.1, 0.15) is 21.5 Å². The zero-order valence-corrected chi connectivity index (χ0v) is 15.3. The van der Waals surface area contributed by atoms with E-state index in [4.69, 9.17) is 4.74 Å². The Morgan fingerprint density at radius 3 is 2.52 bits per heavy atom. The number of hydrogen-bond donors (Lipinski definition) is 0. The summed E-state index contributed by atoms with van der Waals surface area (Å²) in [5.41, 5.74) is -0.319. The minimum atomic E-state index is -4.62. The first-order valence-electron chi connectivity index (χ1n) is 7.96. The molecule has 1 heterocycles. The van der Waals surface area contributed by atoms with E-state index in [9.17, 15) is 26.4 Å². The van der Waals surface area contributed by atoms with Crippen molar-refractivity contribution in [3.8, 4) is 5.75 Å². The molecule has 0 aliphatic carbocycles. The van der Waals surface area contributed by atoms with Crippen LogP contribution in [0, 0.1) is 6.92 Å². The topological polar surface area (TPSA) is 63.7 Å². The van der Waals surface area contributed by atoms with Crippen LogP contribution in [-0.4, -0.2) is 33.7 Å². The maximum atomic E-state index is 13.2. The van der Waals surface area contributed by atoms with Gasteiger partial charge in [0.1, 0.15) is 6.61 Å². The predicted octanol–water partition coefficient (Wildman–Crippen LogP) is 3.46. The molecule has 0 aromatic heterocycles. The molecular weight excluding hydrogens is 383 g/mol. The number of anilines is 1. The van der Waals surface area contributed by atoms with Gasteiger partial charge in [-0.05, 0) is 36.8 Å². The lowest BCUT2D eigenvalue weighted by Crippen LogP contribution is -2.39. The zero-order chi connectivity index (χ0) is 20.0. The standard InChI is InChI=1S/C18H16F3NO4S/c1-11-6-7-12(27(2,24)25)10-13(11)17(23)22-8-9-26-16-14(18(19,20)21)4-3-5-15(16)22/h3-7,10H,8-9H2,1-2H3. The Kier molecular flexibility index (Phi) is 4.67. The first-order valence-corrected chi connectivity index (χ1v) is 9.85. The van der Waals surface area contributed by atoms with Crippen molar-refractivity contribution in [1.29, 1.82) is 0 Å². The summed E-state index contributed by atoms with van der Waals surface area (Å²) in [5, 5.41) is 0. The number of ether oxygens (including phenoxy) is 1. The van der Waals surface area contributed by atoms with Gasteiger partial charge in [-0.25, -0.2) is 8.42 Å². The number of hydrogen-bond acceptors (Lipinski definition) is 4. The van der Waals surface area contributed by atoms with Crippen LogP contribution in [0.25, 0.3) is 0 Å². The van der Waals surface area contributed by atoms with Crippen LogP contribution in [0.5, 0.6) is 5.75 Å². The van der Waals surface area contributed by atoms with E-state index in [2.05, 4.69) is 0 Å². The van der Waals surface area contributed by atoms with Crippen LogP contribution in [0.2, 0.25) is 0 Å². The van der Waals surface area contributed by atoms with Gasteiger partial charge in [0.15, 0.2) is 15.6 Å². The van der Waals surface area contributed by atoms with Crippen molar-refractivity contribution in [2.75, 3.05) is 24.3 Å². The van der Waals surface area contributed by atoms with Crippen molar-refractivity contribution in [2.24, 2.45) is 0 Å². The molecule has 2 aromatic carbocycles. The molecule has 3 rings (SSSR count). The Bertz CT molecular complexity index is 1020. The number of aryl methyl sites for hydroxylation is 1. The number of fused-ring (bicyclic) bond motifs is 1. The third-order valence-electron chi connectivity index (χ3n) is 4.26. The quantitative estimate of drug-likeness (QED) is 0.776. The lowest BCUT2D eigenvalue weighted by molar-refractivity contribution is -0.139. The van der Waals surface area contributed by atoms with Gasteiger partial charge in [0, 0.05) is 11.8 Å². The first kappa shape index (κ1) is 19.2. The summed E-state index contributed by atoms with van der Waals surface area (Å²) in [4.78, 5) is 14.2. The molecule has 1 amide bonds. The summed E-state index contributed by atoms with van der Waals surface area (Å²) in [6, 6.07) is 7.60. The van der Waals surface area contributed by atoms with Crippen molar-refractivity contribution in [3.05, 3.63) is 53.1 Å². The van der Waals surface area contributed by atoms with Crippen LogP contribution in [0.4, 0.5) is 18.9 Å². The molecule has 0 bridgehead atoms. The molecule has 9 heteroatoms. The molecule has 0 unspecified atom stereocenters. The Hall–Kier alpha value is -2.55. The minimum Gasteiger partial charge on any atom is -0.489 e. The number of carbonyl (C=O) groups is 1. The fourth-order valence-corrected chi connectivity index (χ4v) is 3.54. The molecule has 144 valence electrons. The second-order valence-electron chi connectivity index (χ2n) is 6.21. The van der Waals surface area contributed by atoms with Crippen molar-refractivity contribution in [3.63, 3.8) is 0 Å². The van der Waals surface area contributed by atoms with E-state index >= 15 is 0 Å². The zero-order valence-electron chi connectivity index (χ0n) is 14.5. The second kappa shape index (κ2) is 6.56. The smallest absolute Gasteiger partial charge is 0.420 e. The average Bonchev–Trinajstić information content (AvgIpc) is 2.58. The Balaban J connectivity index is 2.09. The van der Waals surface area contributed by atoms with Crippen molar-refractivity contribution >= 4 is 21.4 Å². The monoisotopic (exact) mass is 399 g/mol. The molecule has 0 fully saturated rings. The molecule has 27 heavy (non-hydrogen) atoms. The summed E-state index contributed by atoms with van der Waals surface area (Å²) in [6.45, 7) is 1.58. The number of alkyl halides is 3. The second-order valence-corrected chi connectivity index (χ2v) is 8.22. The van der Waals surface area contributed by atoms with Gasteiger partial charge in [0.05, 0.1) is 22.7 Å². The molecule has 2 aromatic rings. The maximum absolute atomic E-state index is 13.2.